The molecule has 10 nitrogen and oxygen atoms in total. The number of rotatable bonds is 8. The predicted molar refractivity (Wildman–Crippen MR) is 93.1 cm³/mol. The molecule has 1 aliphatic rings. The number of carbonyl (C=O) groups is 1. The van der Waals surface area contributed by atoms with Crippen molar-refractivity contribution in [1.82, 2.24) is 35.9 Å². The lowest BCUT2D eigenvalue weighted by Gasteiger charge is -2.35. The first-order chi connectivity index (χ1) is 12.8. The van der Waals surface area contributed by atoms with Gasteiger partial charge in [0.15, 0.2) is 5.82 Å². The molecular weight excluding hydrogens is 336 g/mol. The van der Waals surface area contributed by atoms with E-state index in [9.17, 15) is 4.79 Å². The first-order valence-corrected chi connectivity index (χ1v) is 8.82. The van der Waals surface area contributed by atoms with Crippen molar-refractivity contribution in [3.05, 3.63) is 24.3 Å². The molecule has 3 atom stereocenters. The van der Waals surface area contributed by atoms with Crippen LogP contribution in [0, 0.1) is 5.92 Å². The molecule has 0 saturated heterocycles. The van der Waals surface area contributed by atoms with E-state index in [2.05, 4.69) is 41.2 Å². The smallest absolute Gasteiger partial charge is 0.223 e. The number of aryl methyl sites for hydroxylation is 1. The molecule has 140 valence electrons. The van der Waals surface area contributed by atoms with Crippen LogP contribution in [-0.4, -0.2) is 62.3 Å². The molecule has 0 bridgehead atoms. The van der Waals surface area contributed by atoms with Crippen LogP contribution in [0.3, 0.4) is 0 Å². The maximum absolute atomic E-state index is 12.5. The van der Waals surface area contributed by atoms with Crippen molar-refractivity contribution in [1.29, 1.82) is 0 Å². The van der Waals surface area contributed by atoms with Gasteiger partial charge in [-0.25, -0.2) is 9.97 Å². The van der Waals surface area contributed by atoms with E-state index in [0.717, 1.165) is 19.3 Å². The summed E-state index contributed by atoms with van der Waals surface area (Å²) in [6.45, 7) is 0.595. The Hall–Kier alpha value is -2.62. The fraction of sp³-hybridized carbons (Fsp3) is 0.625. The highest BCUT2D eigenvalue weighted by Gasteiger charge is 2.34. The fourth-order valence-corrected chi connectivity index (χ4v) is 3.25. The van der Waals surface area contributed by atoms with Gasteiger partial charge in [0.1, 0.15) is 0 Å². The molecule has 0 aromatic carbocycles. The topological polar surface area (TPSA) is 131 Å². The summed E-state index contributed by atoms with van der Waals surface area (Å²) in [6.07, 6.45) is 7.20. The minimum Gasteiger partial charge on any atom is -0.379 e. The molecule has 26 heavy (non-hydrogen) atoms. The second-order valence-corrected chi connectivity index (χ2v) is 6.33. The van der Waals surface area contributed by atoms with Crippen LogP contribution in [0.15, 0.2) is 18.5 Å². The van der Waals surface area contributed by atoms with Crippen molar-refractivity contribution in [3.63, 3.8) is 0 Å². The van der Waals surface area contributed by atoms with Gasteiger partial charge < -0.3 is 15.4 Å². The Morgan fingerprint density at radius 1 is 1.35 bits per heavy atom. The minimum absolute atomic E-state index is 0.00577. The molecule has 1 saturated carbocycles. The molecule has 2 aromatic rings. The highest BCUT2D eigenvalue weighted by Crippen LogP contribution is 2.28. The van der Waals surface area contributed by atoms with E-state index in [4.69, 9.17) is 4.74 Å². The summed E-state index contributed by atoms with van der Waals surface area (Å²) in [6, 6.07) is 1.77. The van der Waals surface area contributed by atoms with Crippen LogP contribution in [0.2, 0.25) is 0 Å². The van der Waals surface area contributed by atoms with E-state index >= 15 is 0 Å². The number of carbonyl (C=O) groups excluding carboxylic acids is 1. The molecule has 1 aliphatic carbocycles. The van der Waals surface area contributed by atoms with Gasteiger partial charge in [0.25, 0.3) is 0 Å². The molecular formula is C16H24N8O2. The third kappa shape index (κ3) is 4.94. The van der Waals surface area contributed by atoms with Gasteiger partial charge in [0.2, 0.25) is 11.9 Å². The van der Waals surface area contributed by atoms with Crippen molar-refractivity contribution in [2.45, 2.75) is 44.2 Å². The van der Waals surface area contributed by atoms with E-state index in [1.165, 1.54) is 0 Å². The van der Waals surface area contributed by atoms with Gasteiger partial charge in [0, 0.05) is 38.4 Å². The summed E-state index contributed by atoms with van der Waals surface area (Å²) in [5.41, 5.74) is 0. The molecule has 0 spiro atoms. The van der Waals surface area contributed by atoms with Crippen LogP contribution >= 0.6 is 0 Å². The number of anilines is 1. The number of amides is 1. The Morgan fingerprint density at radius 3 is 2.92 bits per heavy atom. The third-order valence-electron chi connectivity index (χ3n) is 4.61. The number of hydrogen-bond donors (Lipinski definition) is 3. The first-order valence-electron chi connectivity index (χ1n) is 8.82. The molecule has 0 radical (unpaired) electrons. The molecule has 2 aromatic heterocycles. The minimum atomic E-state index is -0.0483. The Kier molecular flexibility index (Phi) is 6.42. The lowest BCUT2D eigenvalue weighted by atomic mass is 9.83. The zero-order chi connectivity index (χ0) is 18.2. The zero-order valence-corrected chi connectivity index (χ0v) is 14.8. The van der Waals surface area contributed by atoms with E-state index in [0.29, 0.717) is 31.2 Å². The molecule has 3 N–H and O–H groups in total. The monoisotopic (exact) mass is 360 g/mol. The summed E-state index contributed by atoms with van der Waals surface area (Å²) in [5, 5.41) is 20.0. The van der Waals surface area contributed by atoms with E-state index in [-0.39, 0.29) is 24.0 Å². The van der Waals surface area contributed by atoms with Crippen LogP contribution in [0.5, 0.6) is 0 Å². The fourth-order valence-electron chi connectivity index (χ4n) is 3.25. The number of H-pyrrole nitrogens is 1. The largest absolute Gasteiger partial charge is 0.379 e. The summed E-state index contributed by atoms with van der Waals surface area (Å²) in [4.78, 5) is 20.9. The highest BCUT2D eigenvalue weighted by atomic mass is 16.5. The van der Waals surface area contributed by atoms with Gasteiger partial charge in [0.05, 0.1) is 12.1 Å². The average molecular weight is 360 g/mol. The van der Waals surface area contributed by atoms with Gasteiger partial charge >= 0.3 is 0 Å². The summed E-state index contributed by atoms with van der Waals surface area (Å²) in [5.74, 6) is 1.24. The first kappa shape index (κ1) is 18.2. The number of nitrogens with zero attached hydrogens (tertiary/aromatic N) is 5. The molecule has 3 rings (SSSR count). The van der Waals surface area contributed by atoms with E-state index in [1.54, 1.807) is 25.6 Å². The number of aromatic amines is 1. The maximum atomic E-state index is 12.5. The van der Waals surface area contributed by atoms with Crippen molar-refractivity contribution in [2.75, 3.05) is 19.0 Å². The van der Waals surface area contributed by atoms with Gasteiger partial charge in [-0.2, -0.15) is 5.21 Å². The second-order valence-electron chi connectivity index (χ2n) is 6.33. The van der Waals surface area contributed by atoms with Crippen molar-refractivity contribution in [2.24, 2.45) is 5.92 Å². The van der Waals surface area contributed by atoms with Gasteiger partial charge in [-0.1, -0.05) is 5.21 Å². The number of ether oxygens (including phenoxy) is 1. The molecule has 0 unspecified atom stereocenters. The van der Waals surface area contributed by atoms with Gasteiger partial charge in [-0.15, -0.1) is 10.2 Å². The van der Waals surface area contributed by atoms with E-state index in [1.807, 2.05) is 0 Å². The Labute approximate surface area is 151 Å². The molecule has 2 heterocycles. The van der Waals surface area contributed by atoms with Crippen LogP contribution in [0.4, 0.5) is 5.95 Å². The van der Waals surface area contributed by atoms with Gasteiger partial charge in [-0.3, -0.25) is 4.79 Å². The quantitative estimate of drug-likeness (QED) is 0.574. The SMILES string of the molecule is CO[C@@H]1CC[C@H](C(=O)NCCCc2nn[nH]n2)C[C@H]1Nc1ncccn1. The second kappa shape index (κ2) is 9.18. The Balaban J connectivity index is 1.47. The lowest BCUT2D eigenvalue weighted by molar-refractivity contribution is -0.127. The number of tetrazole rings is 1. The average Bonchev–Trinajstić information content (AvgIpc) is 3.19. The predicted octanol–water partition coefficient (Wildman–Crippen LogP) is 0.334. The third-order valence-corrected chi connectivity index (χ3v) is 4.61. The number of methoxy groups -OCH3 is 1. The van der Waals surface area contributed by atoms with Crippen molar-refractivity contribution >= 4 is 11.9 Å². The molecule has 0 aliphatic heterocycles. The summed E-state index contributed by atoms with van der Waals surface area (Å²) < 4.78 is 5.57. The molecule has 10 heteroatoms. The Bertz CT molecular complexity index is 666. The Morgan fingerprint density at radius 2 is 2.19 bits per heavy atom. The summed E-state index contributed by atoms with van der Waals surface area (Å²) >= 11 is 0. The molecule has 1 fully saturated rings. The van der Waals surface area contributed by atoms with Crippen LogP contribution in [0.1, 0.15) is 31.5 Å². The van der Waals surface area contributed by atoms with Crippen molar-refractivity contribution < 1.29 is 9.53 Å². The number of aromatic nitrogens is 6. The van der Waals surface area contributed by atoms with E-state index < -0.39 is 0 Å². The highest BCUT2D eigenvalue weighted by molar-refractivity contribution is 5.78. The lowest BCUT2D eigenvalue weighted by Crippen LogP contribution is -2.45. The maximum Gasteiger partial charge on any atom is 0.223 e. The van der Waals surface area contributed by atoms with Gasteiger partial charge in [-0.05, 0) is 31.7 Å². The number of nitrogens with one attached hydrogen (secondary N) is 3. The standard InChI is InChI=1S/C16H24N8O2/c1-26-13-6-5-11(10-12(13)20-16-18-8-3-9-19-16)15(25)17-7-2-4-14-21-23-24-22-14/h3,8-9,11-13H,2,4-7,10H2,1H3,(H,17,25)(H,18,19,20)(H,21,22,23,24)/t11-,12+,13+/m0/s1. The van der Waals surface area contributed by atoms with Crippen LogP contribution in [-0.2, 0) is 16.0 Å². The van der Waals surface area contributed by atoms with Crippen LogP contribution in [0.25, 0.3) is 0 Å². The zero-order valence-electron chi connectivity index (χ0n) is 14.8. The number of hydrogen-bond acceptors (Lipinski definition) is 8. The normalized spacial score (nSPS) is 22.7. The van der Waals surface area contributed by atoms with Crippen molar-refractivity contribution in [3.8, 4) is 0 Å². The summed E-state index contributed by atoms with van der Waals surface area (Å²) in [7, 11) is 1.70. The van der Waals surface area contributed by atoms with Crippen LogP contribution < -0.4 is 10.6 Å². The molecule has 1 amide bonds.